The van der Waals surface area contributed by atoms with Gasteiger partial charge in [-0.3, -0.25) is 4.79 Å². The first-order valence-corrected chi connectivity index (χ1v) is 8.72. The van der Waals surface area contributed by atoms with Crippen molar-refractivity contribution in [3.05, 3.63) is 28.8 Å². The van der Waals surface area contributed by atoms with Crippen LogP contribution >= 0.6 is 11.6 Å². The summed E-state index contributed by atoms with van der Waals surface area (Å²) in [7, 11) is 0. The van der Waals surface area contributed by atoms with E-state index >= 15 is 0 Å². The van der Waals surface area contributed by atoms with E-state index in [1.165, 1.54) is 5.57 Å². The van der Waals surface area contributed by atoms with E-state index in [1.807, 2.05) is 13.8 Å². The Labute approximate surface area is 152 Å². The molecule has 0 spiro atoms. The molecule has 1 aromatic carbocycles. The predicted octanol–water partition coefficient (Wildman–Crippen LogP) is 4.23. The lowest BCUT2D eigenvalue weighted by Crippen LogP contribution is -2.15. The van der Waals surface area contributed by atoms with E-state index < -0.39 is 0 Å². The largest absolute Gasteiger partial charge is 0.488 e. The molecule has 0 saturated heterocycles. The van der Waals surface area contributed by atoms with Crippen molar-refractivity contribution in [2.45, 2.75) is 27.7 Å². The Balaban J connectivity index is 1.48. The third kappa shape index (κ3) is 3.71. The highest BCUT2D eigenvalue weighted by Gasteiger charge is 2.61. The molecular weight excluding hydrogens is 344 g/mol. The fraction of sp³-hybridized carbons (Fsp3) is 0.526. The Bertz CT molecular complexity index is 706. The van der Waals surface area contributed by atoms with Crippen LogP contribution < -0.4 is 14.2 Å². The van der Waals surface area contributed by atoms with Crippen LogP contribution in [-0.4, -0.2) is 26.0 Å². The second kappa shape index (κ2) is 6.79. The summed E-state index contributed by atoms with van der Waals surface area (Å²) in [5.41, 5.74) is 1.17. The third-order valence-corrected chi connectivity index (χ3v) is 4.99. The molecule has 2 aliphatic rings. The quantitative estimate of drug-likeness (QED) is 0.428. The first-order valence-electron chi connectivity index (χ1n) is 8.34. The second-order valence-electron chi connectivity index (χ2n) is 7.22. The van der Waals surface area contributed by atoms with Gasteiger partial charge in [-0.05, 0) is 25.2 Å². The number of hydrogen-bond donors (Lipinski definition) is 0. The molecule has 1 aliphatic carbocycles. The van der Waals surface area contributed by atoms with E-state index in [9.17, 15) is 4.79 Å². The van der Waals surface area contributed by atoms with E-state index in [1.54, 1.807) is 12.1 Å². The molecule has 0 amide bonds. The Kier molecular flexibility index (Phi) is 4.87. The zero-order valence-electron chi connectivity index (χ0n) is 14.9. The van der Waals surface area contributed by atoms with Crippen LogP contribution in [0.2, 0.25) is 5.02 Å². The topological polar surface area (TPSA) is 54.0 Å². The molecule has 1 aromatic rings. The SMILES string of the molecule is CC(C)=C[C@@H]1[C@H](C(=O)OCCOc2cc3c(cc2Cl)OCO3)C1(C)C. The van der Waals surface area contributed by atoms with Crippen molar-refractivity contribution in [1.82, 2.24) is 0 Å². The average Bonchev–Trinajstić information content (AvgIpc) is 2.86. The fourth-order valence-electron chi connectivity index (χ4n) is 3.19. The molecular formula is C19H23ClO5. The summed E-state index contributed by atoms with van der Waals surface area (Å²) in [5.74, 6) is 1.67. The standard InChI is InChI=1S/C19H23ClO5/c1-11(2)7-12-17(19(12,3)4)18(21)23-6-5-22-14-9-16-15(8-13(14)20)24-10-25-16/h7-9,12,17H,5-6,10H2,1-4H3/t12-,17-/m1/s1. The third-order valence-electron chi connectivity index (χ3n) is 4.69. The summed E-state index contributed by atoms with van der Waals surface area (Å²) in [6.07, 6.45) is 2.15. The van der Waals surface area contributed by atoms with Crippen molar-refractivity contribution >= 4 is 17.6 Å². The highest BCUT2D eigenvalue weighted by Crippen LogP contribution is 2.59. The van der Waals surface area contributed by atoms with Gasteiger partial charge in [-0.1, -0.05) is 37.1 Å². The number of rotatable bonds is 6. The first-order chi connectivity index (χ1) is 11.8. The molecule has 25 heavy (non-hydrogen) atoms. The summed E-state index contributed by atoms with van der Waals surface area (Å²) < 4.78 is 21.5. The van der Waals surface area contributed by atoms with Crippen LogP contribution in [-0.2, 0) is 9.53 Å². The van der Waals surface area contributed by atoms with E-state index in [0.29, 0.717) is 22.3 Å². The number of carbonyl (C=O) groups excluding carboxylic acids is 1. The van der Waals surface area contributed by atoms with Gasteiger partial charge in [-0.2, -0.15) is 0 Å². The van der Waals surface area contributed by atoms with Crippen LogP contribution in [0.15, 0.2) is 23.8 Å². The maximum absolute atomic E-state index is 12.3. The van der Waals surface area contributed by atoms with Gasteiger partial charge in [0.2, 0.25) is 6.79 Å². The van der Waals surface area contributed by atoms with Crippen LogP contribution in [0.4, 0.5) is 0 Å². The molecule has 1 fully saturated rings. The van der Waals surface area contributed by atoms with Crippen LogP contribution in [0, 0.1) is 17.3 Å². The van der Waals surface area contributed by atoms with Crippen molar-refractivity contribution in [3.63, 3.8) is 0 Å². The van der Waals surface area contributed by atoms with Gasteiger partial charge >= 0.3 is 5.97 Å². The number of benzene rings is 1. The van der Waals surface area contributed by atoms with Crippen LogP contribution in [0.5, 0.6) is 17.2 Å². The molecule has 0 unspecified atom stereocenters. The molecule has 0 radical (unpaired) electrons. The van der Waals surface area contributed by atoms with Gasteiger partial charge in [-0.15, -0.1) is 0 Å². The number of allylic oxidation sites excluding steroid dienone is 2. The lowest BCUT2D eigenvalue weighted by molar-refractivity contribution is -0.146. The van der Waals surface area contributed by atoms with Crippen molar-refractivity contribution in [1.29, 1.82) is 0 Å². The number of esters is 1. The Hall–Kier alpha value is -1.88. The molecule has 1 saturated carbocycles. The van der Waals surface area contributed by atoms with Crippen LogP contribution in [0.25, 0.3) is 0 Å². The zero-order valence-corrected chi connectivity index (χ0v) is 15.7. The smallest absolute Gasteiger partial charge is 0.310 e. The summed E-state index contributed by atoms with van der Waals surface area (Å²) in [6.45, 7) is 8.84. The Morgan fingerprint density at radius 3 is 2.64 bits per heavy atom. The monoisotopic (exact) mass is 366 g/mol. The van der Waals surface area contributed by atoms with E-state index in [2.05, 4.69) is 19.9 Å². The van der Waals surface area contributed by atoms with Gasteiger partial charge in [0, 0.05) is 12.1 Å². The fourth-order valence-corrected chi connectivity index (χ4v) is 3.40. The second-order valence-corrected chi connectivity index (χ2v) is 7.63. The minimum Gasteiger partial charge on any atom is -0.488 e. The summed E-state index contributed by atoms with van der Waals surface area (Å²) in [5, 5.41) is 0.433. The molecule has 0 aromatic heterocycles. The molecule has 5 nitrogen and oxygen atoms in total. The van der Waals surface area contributed by atoms with Gasteiger partial charge in [0.1, 0.15) is 19.0 Å². The Morgan fingerprint density at radius 1 is 1.28 bits per heavy atom. The summed E-state index contributed by atoms with van der Waals surface area (Å²) >= 11 is 6.14. The van der Waals surface area contributed by atoms with Gasteiger partial charge in [0.15, 0.2) is 11.5 Å². The molecule has 1 heterocycles. The van der Waals surface area contributed by atoms with Crippen molar-refractivity contribution in [2.24, 2.45) is 17.3 Å². The van der Waals surface area contributed by atoms with Crippen molar-refractivity contribution in [2.75, 3.05) is 20.0 Å². The van der Waals surface area contributed by atoms with Crippen LogP contribution in [0.1, 0.15) is 27.7 Å². The molecule has 3 rings (SSSR count). The number of fused-ring (bicyclic) bond motifs is 1. The van der Waals surface area contributed by atoms with Crippen molar-refractivity contribution in [3.8, 4) is 17.2 Å². The van der Waals surface area contributed by atoms with Gasteiger partial charge in [0.05, 0.1) is 10.9 Å². The maximum atomic E-state index is 12.3. The predicted molar refractivity (Wildman–Crippen MR) is 94.2 cm³/mol. The summed E-state index contributed by atoms with van der Waals surface area (Å²) in [6, 6.07) is 3.34. The average molecular weight is 367 g/mol. The molecule has 136 valence electrons. The maximum Gasteiger partial charge on any atom is 0.310 e. The van der Waals surface area contributed by atoms with Gasteiger partial charge in [0.25, 0.3) is 0 Å². The van der Waals surface area contributed by atoms with Crippen LogP contribution in [0.3, 0.4) is 0 Å². The summed E-state index contributed by atoms with van der Waals surface area (Å²) in [4.78, 5) is 12.3. The van der Waals surface area contributed by atoms with E-state index in [-0.39, 0.29) is 43.2 Å². The minimum absolute atomic E-state index is 0.0458. The zero-order chi connectivity index (χ0) is 18.2. The number of halogens is 1. The minimum atomic E-state index is -0.173. The molecule has 0 bridgehead atoms. The molecule has 2 atom stereocenters. The van der Waals surface area contributed by atoms with Gasteiger partial charge in [-0.25, -0.2) is 0 Å². The number of carbonyl (C=O) groups is 1. The lowest BCUT2D eigenvalue weighted by Gasteiger charge is -2.10. The number of hydrogen-bond acceptors (Lipinski definition) is 5. The van der Waals surface area contributed by atoms with E-state index in [0.717, 1.165) is 0 Å². The lowest BCUT2D eigenvalue weighted by atomic mass is 10.1. The van der Waals surface area contributed by atoms with Gasteiger partial charge < -0.3 is 18.9 Å². The molecule has 6 heteroatoms. The van der Waals surface area contributed by atoms with E-state index in [4.69, 9.17) is 30.5 Å². The molecule has 0 N–H and O–H groups in total. The first kappa shape index (κ1) is 17.9. The van der Waals surface area contributed by atoms with Crippen molar-refractivity contribution < 1.29 is 23.7 Å². The highest BCUT2D eigenvalue weighted by atomic mass is 35.5. The highest BCUT2D eigenvalue weighted by molar-refractivity contribution is 6.32. The molecule has 1 aliphatic heterocycles. The normalized spacial score (nSPS) is 22.3. The number of ether oxygens (including phenoxy) is 4. The Morgan fingerprint density at radius 2 is 1.96 bits per heavy atom.